The van der Waals surface area contributed by atoms with Gasteiger partial charge in [0.25, 0.3) is 0 Å². The molecule has 0 aromatic carbocycles. The Morgan fingerprint density at radius 2 is 0.688 bits per heavy atom. The Hall–Kier alpha value is 0.900. The van der Waals surface area contributed by atoms with Crippen LogP contribution in [0.4, 0.5) is 0 Å². The average Bonchev–Trinajstić information content (AvgIpc) is 1.88. The van der Waals surface area contributed by atoms with Gasteiger partial charge in [-0.05, 0) is 0 Å². The first-order valence-electron chi connectivity index (χ1n) is 3.54. The summed E-state index contributed by atoms with van der Waals surface area (Å²) in [6, 6.07) is 0. The highest BCUT2D eigenvalue weighted by Gasteiger charge is 1.88. The lowest BCUT2D eigenvalue weighted by atomic mass is 10.8. The third-order valence-electron chi connectivity index (χ3n) is 0. The topological polar surface area (TPSA) is 68.3 Å². The summed E-state index contributed by atoms with van der Waals surface area (Å²) in [7, 11) is 6.12. The number of hydrogen-bond acceptors (Lipinski definition) is 4. The lowest BCUT2D eigenvalue weighted by Gasteiger charge is -1.65. The first-order chi connectivity index (χ1) is 6.00. The Morgan fingerprint density at radius 1 is 0.688 bits per heavy atom. The lowest BCUT2D eigenvalue weighted by molar-refractivity contribution is 0.614. The van der Waals surface area contributed by atoms with Gasteiger partial charge in [-0.15, -0.1) is 0 Å². The third-order valence-corrected chi connectivity index (χ3v) is 0. The minimum Gasteiger partial charge on any atom is -0.213 e. The van der Waals surface area contributed by atoms with Crippen molar-refractivity contribution in [3.8, 4) is 0 Å². The van der Waals surface area contributed by atoms with Crippen LogP contribution in [0.15, 0.2) is 0 Å². The maximum Gasteiger partial charge on any atom is 0.317 e. The molecule has 4 nitrogen and oxygen atoms in total. The summed E-state index contributed by atoms with van der Waals surface area (Å²) in [5.74, 6) is 0. The Morgan fingerprint density at radius 3 is 0.688 bits per heavy atom. The molecular weight excluding hydrogens is 316 g/mol. The van der Waals surface area contributed by atoms with Gasteiger partial charge in [-0.2, -0.15) is 8.42 Å². The fourth-order valence-electron chi connectivity index (χ4n) is 0. The van der Waals surface area contributed by atoms with Crippen LogP contribution in [0.1, 0.15) is 27.7 Å². The fourth-order valence-corrected chi connectivity index (χ4v) is 0. The maximum absolute atomic E-state index is 9.40. The predicted molar refractivity (Wildman–Crippen MR) is 75.5 cm³/mol. The summed E-state index contributed by atoms with van der Waals surface area (Å²) >= 11 is 0. The molecule has 0 aliphatic heterocycles. The molecule has 0 N–H and O–H groups in total. The monoisotopic (exact) mass is 330 g/mol. The van der Waals surface area contributed by atoms with Gasteiger partial charge in [-0.25, -0.2) is 8.42 Å². The molecule has 98 valence electrons. The zero-order chi connectivity index (χ0) is 13.0. The predicted octanol–water partition coefficient (Wildman–Crippen LogP) is 2.18. The van der Waals surface area contributed by atoms with Crippen molar-refractivity contribution in [2.45, 2.75) is 27.7 Å². The average molecular weight is 331 g/mol. The second kappa shape index (κ2) is 21.2. The minimum atomic E-state index is -3.72. The van der Waals surface area contributed by atoms with Crippen LogP contribution < -0.4 is 0 Å². The van der Waals surface area contributed by atoms with Crippen LogP contribution in [0.3, 0.4) is 0 Å². The zero-order valence-corrected chi connectivity index (χ0v) is 13.6. The van der Waals surface area contributed by atoms with Gasteiger partial charge >= 0.3 is 8.26 Å². The highest BCUT2D eigenvalue weighted by molar-refractivity contribution is 8.31. The molecule has 0 atom stereocenters. The lowest BCUT2D eigenvalue weighted by Crippen LogP contribution is -1.76. The van der Waals surface area contributed by atoms with Gasteiger partial charge in [-0.1, -0.05) is 27.7 Å². The Kier molecular flexibility index (Phi) is 47.7. The molecule has 0 unspecified atom stereocenters. The molecule has 0 aliphatic rings. The molecular formula is C5H15B2Cl3O4S2. The van der Waals surface area contributed by atoms with E-state index < -0.39 is 17.3 Å². The molecule has 0 aromatic rings. The van der Waals surface area contributed by atoms with Crippen LogP contribution >= 0.6 is 32.0 Å². The van der Waals surface area contributed by atoms with Crippen LogP contribution in [-0.2, 0) is 17.3 Å². The molecule has 0 aromatic heterocycles. The van der Waals surface area contributed by atoms with E-state index in [1.54, 1.807) is 0 Å². The van der Waals surface area contributed by atoms with E-state index in [4.69, 9.17) is 8.42 Å². The standard InChI is InChI=1S/2C2H6.CH3ClO2S.2B.Cl2O2S/c2*1-2;1-5(2,3)4;;;1-5(2,3)4/h2*1-2H3;1H3;;;. The summed E-state index contributed by atoms with van der Waals surface area (Å²) in [6.07, 6.45) is 0.925. The first kappa shape index (κ1) is 36.0. The maximum atomic E-state index is 9.40. The van der Waals surface area contributed by atoms with E-state index in [-0.39, 0.29) is 16.8 Å². The number of rotatable bonds is 0. The Bertz CT molecular complexity index is 232. The van der Waals surface area contributed by atoms with Crippen molar-refractivity contribution in [1.82, 2.24) is 0 Å². The third kappa shape index (κ3) is 3560. The zero-order valence-electron chi connectivity index (χ0n) is 9.74. The molecule has 0 heterocycles. The van der Waals surface area contributed by atoms with Gasteiger partial charge in [0, 0.05) is 48.9 Å². The van der Waals surface area contributed by atoms with Gasteiger partial charge in [0.15, 0.2) is 0 Å². The summed E-state index contributed by atoms with van der Waals surface area (Å²) in [6.45, 7) is 8.00. The first-order valence-corrected chi connectivity index (χ1v) is 9.39. The van der Waals surface area contributed by atoms with E-state index in [0.717, 1.165) is 6.26 Å². The SMILES string of the molecule is CC.CC.CS(=O)(=O)Cl.O=S(=O)(Cl)Cl.[B].[B]. The van der Waals surface area contributed by atoms with Crippen LogP contribution in [0.5, 0.6) is 0 Å². The van der Waals surface area contributed by atoms with E-state index in [1.165, 1.54) is 0 Å². The van der Waals surface area contributed by atoms with E-state index >= 15 is 0 Å². The van der Waals surface area contributed by atoms with Crippen molar-refractivity contribution in [1.29, 1.82) is 0 Å². The van der Waals surface area contributed by atoms with Crippen molar-refractivity contribution in [3.05, 3.63) is 0 Å². The quantitative estimate of drug-likeness (QED) is 0.504. The van der Waals surface area contributed by atoms with E-state index in [2.05, 4.69) is 32.0 Å². The van der Waals surface area contributed by atoms with E-state index in [1.807, 2.05) is 27.7 Å². The van der Waals surface area contributed by atoms with Gasteiger partial charge < -0.3 is 0 Å². The molecule has 11 heteroatoms. The van der Waals surface area contributed by atoms with Crippen molar-refractivity contribution in [3.63, 3.8) is 0 Å². The second-order valence-electron chi connectivity index (χ2n) is 1.06. The van der Waals surface area contributed by atoms with Gasteiger partial charge in [0.05, 0.1) is 6.26 Å². The number of hydrogen-bond donors (Lipinski definition) is 0. The van der Waals surface area contributed by atoms with E-state index in [9.17, 15) is 8.42 Å². The molecule has 0 saturated heterocycles. The summed E-state index contributed by atoms with van der Waals surface area (Å²) in [5, 5.41) is 0. The highest BCUT2D eigenvalue weighted by atomic mass is 36.0. The normalized spacial score (nSPS) is 8.00. The molecule has 0 spiro atoms. The van der Waals surface area contributed by atoms with Crippen LogP contribution in [0, 0.1) is 0 Å². The molecule has 0 rings (SSSR count). The van der Waals surface area contributed by atoms with Crippen molar-refractivity contribution in [2.75, 3.05) is 6.26 Å². The number of halogens is 3. The molecule has 0 bridgehead atoms. The van der Waals surface area contributed by atoms with Crippen LogP contribution in [0.25, 0.3) is 0 Å². The summed E-state index contributed by atoms with van der Waals surface area (Å²) < 4.78 is 37.1. The van der Waals surface area contributed by atoms with Crippen LogP contribution in [0.2, 0.25) is 0 Å². The molecule has 16 heavy (non-hydrogen) atoms. The minimum absolute atomic E-state index is 0. The fraction of sp³-hybridized carbons (Fsp3) is 1.00. The second-order valence-corrected chi connectivity index (χ2v) is 7.77. The molecule has 0 fully saturated rings. The van der Waals surface area contributed by atoms with Crippen LogP contribution in [-0.4, -0.2) is 39.9 Å². The Labute approximate surface area is 117 Å². The van der Waals surface area contributed by atoms with Gasteiger partial charge in [-0.3, -0.25) is 0 Å². The van der Waals surface area contributed by atoms with E-state index in [0.29, 0.717) is 0 Å². The summed E-state index contributed by atoms with van der Waals surface area (Å²) in [4.78, 5) is 0. The van der Waals surface area contributed by atoms with Crippen molar-refractivity contribution < 1.29 is 16.8 Å². The molecule has 0 aliphatic carbocycles. The molecule has 0 saturated carbocycles. The van der Waals surface area contributed by atoms with Gasteiger partial charge in [0.2, 0.25) is 9.05 Å². The molecule has 6 radical (unpaired) electrons. The summed E-state index contributed by atoms with van der Waals surface area (Å²) in [5.41, 5.74) is 0. The largest absolute Gasteiger partial charge is 0.317 e. The molecule has 0 amide bonds. The van der Waals surface area contributed by atoms with Gasteiger partial charge in [0.1, 0.15) is 0 Å². The highest BCUT2D eigenvalue weighted by Crippen LogP contribution is 1.98. The van der Waals surface area contributed by atoms with Crippen molar-refractivity contribution >= 4 is 66.2 Å². The van der Waals surface area contributed by atoms with Crippen molar-refractivity contribution in [2.24, 2.45) is 0 Å². The Balaban J connectivity index is -0.0000000218. The smallest absolute Gasteiger partial charge is 0.213 e.